The predicted octanol–water partition coefficient (Wildman–Crippen LogP) is 2.26. The molecule has 0 saturated carbocycles. The van der Waals surface area contributed by atoms with Crippen molar-refractivity contribution in [1.29, 1.82) is 0 Å². The third-order valence-corrected chi connectivity index (χ3v) is 2.64. The minimum atomic E-state index is -0.370. The van der Waals surface area contributed by atoms with Crippen molar-refractivity contribution in [2.45, 2.75) is 13.0 Å². The van der Waals surface area contributed by atoms with E-state index in [1.54, 1.807) is 18.3 Å². The van der Waals surface area contributed by atoms with E-state index in [9.17, 15) is 14.0 Å². The van der Waals surface area contributed by atoms with Crippen LogP contribution in [0.5, 0.6) is 0 Å². The molecule has 18 heavy (non-hydrogen) atoms. The molecule has 0 aliphatic carbocycles. The highest BCUT2D eigenvalue weighted by Crippen LogP contribution is 2.06. The molecule has 0 atom stereocenters. The molecule has 1 heterocycles. The summed E-state index contributed by atoms with van der Waals surface area (Å²) >= 11 is 0. The first-order valence-corrected chi connectivity index (χ1v) is 5.61. The maximum Gasteiger partial charge on any atom is 0.250 e. The standard InChI is InChI=1S/C14H12FNO2/c15-12-6-4-11(5-7-12)13(17)8-10-16-9-2-1-3-14(16)18/h1-7,9H,8,10H2. The van der Waals surface area contributed by atoms with Crippen molar-refractivity contribution in [1.82, 2.24) is 4.57 Å². The lowest BCUT2D eigenvalue weighted by Gasteiger charge is -2.04. The van der Waals surface area contributed by atoms with E-state index < -0.39 is 0 Å². The van der Waals surface area contributed by atoms with Gasteiger partial charge in [0.2, 0.25) is 0 Å². The van der Waals surface area contributed by atoms with Crippen LogP contribution in [0, 0.1) is 5.82 Å². The summed E-state index contributed by atoms with van der Waals surface area (Å²) in [6, 6.07) is 10.2. The molecule has 0 spiro atoms. The smallest absolute Gasteiger partial charge is 0.250 e. The fraction of sp³-hybridized carbons (Fsp3) is 0.143. The zero-order valence-electron chi connectivity index (χ0n) is 9.67. The molecular weight excluding hydrogens is 233 g/mol. The van der Waals surface area contributed by atoms with Crippen molar-refractivity contribution in [3.05, 3.63) is 70.4 Å². The number of halogens is 1. The average molecular weight is 245 g/mol. The Kier molecular flexibility index (Phi) is 3.67. The van der Waals surface area contributed by atoms with Gasteiger partial charge in [0.1, 0.15) is 5.82 Å². The Morgan fingerprint density at radius 2 is 1.83 bits per heavy atom. The van der Waals surface area contributed by atoms with Gasteiger partial charge in [-0.3, -0.25) is 9.59 Å². The zero-order valence-corrected chi connectivity index (χ0v) is 9.67. The first-order chi connectivity index (χ1) is 8.66. The molecule has 0 saturated heterocycles. The Balaban J connectivity index is 2.03. The van der Waals surface area contributed by atoms with E-state index in [1.807, 2.05) is 0 Å². The Morgan fingerprint density at radius 3 is 2.50 bits per heavy atom. The Hall–Kier alpha value is -2.23. The Bertz CT molecular complexity index is 602. The third kappa shape index (κ3) is 2.91. The van der Waals surface area contributed by atoms with Crippen LogP contribution in [-0.4, -0.2) is 10.4 Å². The van der Waals surface area contributed by atoms with Gasteiger partial charge in [-0.15, -0.1) is 0 Å². The highest BCUT2D eigenvalue weighted by molar-refractivity contribution is 5.95. The molecule has 2 aromatic rings. The summed E-state index contributed by atoms with van der Waals surface area (Å²) in [6.45, 7) is 0.329. The van der Waals surface area contributed by atoms with Crippen LogP contribution >= 0.6 is 0 Å². The molecule has 1 aromatic carbocycles. The van der Waals surface area contributed by atoms with E-state index in [1.165, 1.54) is 34.9 Å². The lowest BCUT2D eigenvalue weighted by Crippen LogP contribution is -2.19. The molecule has 0 aliphatic heterocycles. The summed E-state index contributed by atoms with van der Waals surface area (Å²) in [5.74, 6) is -0.475. The SMILES string of the molecule is O=C(CCn1ccccc1=O)c1ccc(F)cc1. The van der Waals surface area contributed by atoms with Crippen LogP contribution in [0.15, 0.2) is 53.5 Å². The van der Waals surface area contributed by atoms with Gasteiger partial charge in [-0.25, -0.2) is 4.39 Å². The maximum atomic E-state index is 12.7. The fourth-order valence-corrected chi connectivity index (χ4v) is 1.65. The number of aromatic nitrogens is 1. The van der Waals surface area contributed by atoms with E-state index in [0.717, 1.165) is 0 Å². The van der Waals surface area contributed by atoms with E-state index in [-0.39, 0.29) is 23.6 Å². The first-order valence-electron chi connectivity index (χ1n) is 5.61. The highest BCUT2D eigenvalue weighted by atomic mass is 19.1. The summed E-state index contributed by atoms with van der Waals surface area (Å²) in [4.78, 5) is 23.2. The van der Waals surface area contributed by atoms with Gasteiger partial charge in [-0.2, -0.15) is 0 Å². The molecule has 0 bridgehead atoms. The summed E-state index contributed by atoms with van der Waals surface area (Å²) in [5.41, 5.74) is 0.324. The highest BCUT2D eigenvalue weighted by Gasteiger charge is 2.06. The van der Waals surface area contributed by atoms with Crippen molar-refractivity contribution in [2.24, 2.45) is 0 Å². The van der Waals surface area contributed by atoms with Crippen LogP contribution in [0.3, 0.4) is 0 Å². The topological polar surface area (TPSA) is 39.1 Å². The molecule has 0 amide bonds. The number of ketones is 1. The molecule has 4 heteroatoms. The monoisotopic (exact) mass is 245 g/mol. The number of pyridine rings is 1. The van der Waals surface area contributed by atoms with E-state index in [2.05, 4.69) is 0 Å². The molecule has 0 N–H and O–H groups in total. The summed E-state index contributed by atoms with van der Waals surface area (Å²) in [7, 11) is 0. The van der Waals surface area contributed by atoms with Gasteiger partial charge in [0.15, 0.2) is 5.78 Å². The predicted molar refractivity (Wildman–Crippen MR) is 66.0 cm³/mol. The quantitative estimate of drug-likeness (QED) is 0.775. The van der Waals surface area contributed by atoms with Crippen LogP contribution in [-0.2, 0) is 6.54 Å². The van der Waals surface area contributed by atoms with Gasteiger partial charge in [0.05, 0.1) is 0 Å². The van der Waals surface area contributed by atoms with Crippen LogP contribution in [0.1, 0.15) is 16.8 Å². The van der Waals surface area contributed by atoms with E-state index in [4.69, 9.17) is 0 Å². The van der Waals surface area contributed by atoms with Crippen molar-refractivity contribution in [3.8, 4) is 0 Å². The molecule has 0 radical (unpaired) electrons. The summed E-state index contributed by atoms with van der Waals surface area (Å²) in [5, 5.41) is 0. The van der Waals surface area contributed by atoms with Crippen molar-refractivity contribution in [2.75, 3.05) is 0 Å². The second-order valence-electron chi connectivity index (χ2n) is 3.91. The molecular formula is C14H12FNO2. The second kappa shape index (κ2) is 5.40. The molecule has 0 aliphatic rings. The van der Waals surface area contributed by atoms with Crippen LogP contribution in [0.2, 0.25) is 0 Å². The van der Waals surface area contributed by atoms with E-state index in [0.29, 0.717) is 12.1 Å². The van der Waals surface area contributed by atoms with E-state index >= 15 is 0 Å². The van der Waals surface area contributed by atoms with Gasteiger partial charge in [0.25, 0.3) is 5.56 Å². The molecule has 0 unspecified atom stereocenters. The van der Waals surface area contributed by atoms with Crippen molar-refractivity contribution >= 4 is 5.78 Å². The van der Waals surface area contributed by atoms with Gasteiger partial charge in [-0.05, 0) is 30.3 Å². The number of aryl methyl sites for hydroxylation is 1. The number of nitrogens with zero attached hydrogens (tertiary/aromatic N) is 1. The largest absolute Gasteiger partial charge is 0.315 e. The molecule has 92 valence electrons. The van der Waals surface area contributed by atoms with Gasteiger partial charge in [0, 0.05) is 30.8 Å². The van der Waals surface area contributed by atoms with Gasteiger partial charge < -0.3 is 4.57 Å². The Labute approximate surface area is 104 Å². The molecule has 0 fully saturated rings. The third-order valence-electron chi connectivity index (χ3n) is 2.64. The van der Waals surface area contributed by atoms with Gasteiger partial charge >= 0.3 is 0 Å². The minimum Gasteiger partial charge on any atom is -0.315 e. The number of carbonyl (C=O) groups is 1. The van der Waals surface area contributed by atoms with Crippen molar-refractivity contribution < 1.29 is 9.18 Å². The zero-order chi connectivity index (χ0) is 13.0. The van der Waals surface area contributed by atoms with Crippen molar-refractivity contribution in [3.63, 3.8) is 0 Å². The number of carbonyl (C=O) groups excluding carboxylic acids is 1. The normalized spacial score (nSPS) is 10.3. The molecule has 2 rings (SSSR count). The Morgan fingerprint density at radius 1 is 1.11 bits per heavy atom. The average Bonchev–Trinajstić information content (AvgIpc) is 2.38. The van der Waals surface area contributed by atoms with Crippen LogP contribution < -0.4 is 5.56 Å². The maximum absolute atomic E-state index is 12.7. The van der Waals surface area contributed by atoms with Crippen LogP contribution in [0.25, 0.3) is 0 Å². The number of hydrogen-bond acceptors (Lipinski definition) is 2. The summed E-state index contributed by atoms with van der Waals surface area (Å²) < 4.78 is 14.2. The number of benzene rings is 1. The minimum absolute atomic E-state index is 0.106. The number of hydrogen-bond donors (Lipinski definition) is 0. The second-order valence-corrected chi connectivity index (χ2v) is 3.91. The van der Waals surface area contributed by atoms with Gasteiger partial charge in [-0.1, -0.05) is 6.07 Å². The first kappa shape index (κ1) is 12.2. The number of rotatable bonds is 4. The molecule has 3 nitrogen and oxygen atoms in total. The molecule has 1 aromatic heterocycles. The van der Waals surface area contributed by atoms with Crippen LogP contribution in [0.4, 0.5) is 4.39 Å². The lowest BCUT2D eigenvalue weighted by molar-refractivity contribution is 0.0976. The lowest BCUT2D eigenvalue weighted by atomic mass is 10.1. The summed E-state index contributed by atoms with van der Waals surface area (Å²) in [6.07, 6.45) is 1.86. The number of Topliss-reactive ketones (excluding diaryl/α,β-unsaturated/α-hetero) is 1. The fourth-order valence-electron chi connectivity index (χ4n) is 1.65.